The molecular weight excluding hydrogens is 178 g/mol. The molecule has 1 aromatic rings. The van der Waals surface area contributed by atoms with Crippen LogP contribution in [0.5, 0.6) is 0 Å². The summed E-state index contributed by atoms with van der Waals surface area (Å²) in [5.74, 6) is 0.516. The predicted octanol–water partition coefficient (Wildman–Crippen LogP) is 0.967. The van der Waals surface area contributed by atoms with Gasteiger partial charge in [-0.2, -0.15) is 0 Å². The van der Waals surface area contributed by atoms with Gasteiger partial charge in [0, 0.05) is 18.9 Å². The molecular formula is C10H15N3O. The minimum absolute atomic E-state index is 0.00375. The normalized spacial score (nSPS) is 18.1. The van der Waals surface area contributed by atoms with Crippen molar-refractivity contribution in [2.45, 2.75) is 38.3 Å². The maximum absolute atomic E-state index is 11.9. The van der Waals surface area contributed by atoms with E-state index in [1.165, 1.54) is 0 Å². The van der Waals surface area contributed by atoms with Crippen molar-refractivity contribution >= 4 is 5.78 Å². The summed E-state index contributed by atoms with van der Waals surface area (Å²) in [6, 6.07) is 0. The van der Waals surface area contributed by atoms with E-state index in [4.69, 9.17) is 5.73 Å². The lowest BCUT2D eigenvalue weighted by atomic mass is 10.1. The van der Waals surface area contributed by atoms with Gasteiger partial charge in [-0.05, 0) is 19.3 Å². The Labute approximate surface area is 83.1 Å². The second-order valence-electron chi connectivity index (χ2n) is 3.93. The Bertz CT molecular complexity index is 352. The Morgan fingerprint density at radius 1 is 1.71 bits per heavy atom. The van der Waals surface area contributed by atoms with Gasteiger partial charge in [0.1, 0.15) is 0 Å². The number of carbonyl (C=O) groups excluding carboxylic acids is 1. The van der Waals surface area contributed by atoms with Crippen molar-refractivity contribution in [3.8, 4) is 0 Å². The molecule has 4 heteroatoms. The first-order chi connectivity index (χ1) is 6.67. The van der Waals surface area contributed by atoms with Crippen molar-refractivity contribution < 1.29 is 4.79 Å². The van der Waals surface area contributed by atoms with Gasteiger partial charge >= 0.3 is 0 Å². The van der Waals surface area contributed by atoms with Crippen molar-refractivity contribution in [3.63, 3.8) is 0 Å². The molecule has 0 atom stereocenters. The fraction of sp³-hybridized carbons (Fsp3) is 0.600. The summed E-state index contributed by atoms with van der Waals surface area (Å²) in [7, 11) is 0. The van der Waals surface area contributed by atoms with Gasteiger partial charge in [-0.15, -0.1) is 0 Å². The fourth-order valence-corrected chi connectivity index (χ4v) is 1.52. The molecule has 14 heavy (non-hydrogen) atoms. The quantitative estimate of drug-likeness (QED) is 0.725. The molecule has 1 heterocycles. The highest BCUT2D eigenvalue weighted by atomic mass is 16.1. The molecule has 0 bridgehead atoms. The van der Waals surface area contributed by atoms with E-state index in [1.807, 2.05) is 10.8 Å². The molecule has 0 unspecified atom stereocenters. The second kappa shape index (κ2) is 3.20. The average Bonchev–Trinajstić information content (AvgIpc) is 2.76. The summed E-state index contributed by atoms with van der Waals surface area (Å²) in [4.78, 5) is 16.0. The number of nitrogens with zero attached hydrogens (tertiary/aromatic N) is 2. The van der Waals surface area contributed by atoms with E-state index >= 15 is 0 Å². The van der Waals surface area contributed by atoms with Crippen LogP contribution in [0.15, 0.2) is 12.4 Å². The van der Waals surface area contributed by atoms with Crippen molar-refractivity contribution in [1.29, 1.82) is 0 Å². The smallest absolute Gasteiger partial charge is 0.217 e. The van der Waals surface area contributed by atoms with Gasteiger partial charge in [-0.3, -0.25) is 4.79 Å². The van der Waals surface area contributed by atoms with Gasteiger partial charge in [0.15, 0.2) is 5.82 Å². The van der Waals surface area contributed by atoms with Gasteiger partial charge < -0.3 is 10.3 Å². The summed E-state index contributed by atoms with van der Waals surface area (Å²) in [5, 5.41) is 0. The van der Waals surface area contributed by atoms with Crippen LogP contribution in [0, 0.1) is 0 Å². The second-order valence-corrected chi connectivity index (χ2v) is 3.93. The van der Waals surface area contributed by atoms with Gasteiger partial charge in [-0.25, -0.2) is 4.98 Å². The third kappa shape index (κ3) is 1.46. The van der Waals surface area contributed by atoms with Crippen LogP contribution in [0.3, 0.4) is 0 Å². The Morgan fingerprint density at radius 2 is 2.43 bits per heavy atom. The van der Waals surface area contributed by atoms with Crippen LogP contribution in [-0.2, 0) is 6.54 Å². The number of aromatic nitrogens is 2. The van der Waals surface area contributed by atoms with E-state index < -0.39 is 5.54 Å². The molecule has 0 saturated heterocycles. The first kappa shape index (κ1) is 9.40. The highest BCUT2D eigenvalue weighted by molar-refractivity contribution is 6.02. The van der Waals surface area contributed by atoms with Gasteiger partial charge in [0.05, 0.1) is 5.54 Å². The predicted molar refractivity (Wildman–Crippen MR) is 53.0 cm³/mol. The summed E-state index contributed by atoms with van der Waals surface area (Å²) >= 11 is 0. The van der Waals surface area contributed by atoms with Crippen LogP contribution in [0.4, 0.5) is 0 Å². The molecule has 0 aromatic carbocycles. The van der Waals surface area contributed by atoms with Crippen LogP contribution < -0.4 is 5.73 Å². The molecule has 0 aliphatic heterocycles. The fourth-order valence-electron chi connectivity index (χ4n) is 1.52. The van der Waals surface area contributed by atoms with Gasteiger partial charge in [-0.1, -0.05) is 6.92 Å². The number of hydrogen-bond acceptors (Lipinski definition) is 3. The third-order valence-electron chi connectivity index (χ3n) is 2.62. The zero-order valence-electron chi connectivity index (χ0n) is 8.36. The van der Waals surface area contributed by atoms with Crippen LogP contribution in [0.2, 0.25) is 0 Å². The zero-order chi connectivity index (χ0) is 10.2. The Hall–Kier alpha value is -1.16. The molecule has 76 valence electrons. The van der Waals surface area contributed by atoms with Crippen molar-refractivity contribution in [2.75, 3.05) is 0 Å². The van der Waals surface area contributed by atoms with Crippen LogP contribution in [0.25, 0.3) is 0 Å². The Balaban J connectivity index is 2.22. The Kier molecular flexibility index (Phi) is 2.15. The van der Waals surface area contributed by atoms with E-state index in [2.05, 4.69) is 11.9 Å². The van der Waals surface area contributed by atoms with Crippen LogP contribution in [0.1, 0.15) is 36.8 Å². The van der Waals surface area contributed by atoms with E-state index in [0.29, 0.717) is 5.82 Å². The van der Waals surface area contributed by atoms with Crippen molar-refractivity contribution in [1.82, 2.24) is 9.55 Å². The summed E-state index contributed by atoms with van der Waals surface area (Å²) < 4.78 is 1.88. The number of nitrogens with two attached hydrogens (primary N) is 1. The third-order valence-corrected chi connectivity index (χ3v) is 2.62. The molecule has 2 N–H and O–H groups in total. The molecule has 1 aromatic heterocycles. The Morgan fingerprint density at radius 3 is 3.00 bits per heavy atom. The van der Waals surface area contributed by atoms with E-state index in [-0.39, 0.29) is 5.78 Å². The molecule has 1 saturated carbocycles. The maximum atomic E-state index is 11.9. The first-order valence-corrected chi connectivity index (χ1v) is 5.02. The molecule has 1 aliphatic carbocycles. The van der Waals surface area contributed by atoms with Crippen molar-refractivity contribution in [2.24, 2.45) is 5.73 Å². The van der Waals surface area contributed by atoms with Crippen LogP contribution >= 0.6 is 0 Å². The summed E-state index contributed by atoms with van der Waals surface area (Å²) in [6.07, 6.45) is 6.08. The van der Waals surface area contributed by atoms with E-state index in [1.54, 1.807) is 6.20 Å². The molecule has 0 amide bonds. The van der Waals surface area contributed by atoms with Gasteiger partial charge in [0.25, 0.3) is 0 Å². The van der Waals surface area contributed by atoms with Crippen molar-refractivity contribution in [3.05, 3.63) is 18.2 Å². The molecule has 4 nitrogen and oxygen atoms in total. The molecule has 1 aliphatic rings. The molecule has 0 spiro atoms. The minimum atomic E-state index is -0.600. The lowest BCUT2D eigenvalue weighted by Gasteiger charge is -2.09. The number of rotatable bonds is 4. The van der Waals surface area contributed by atoms with Crippen LogP contribution in [-0.4, -0.2) is 20.9 Å². The largest absolute Gasteiger partial charge is 0.328 e. The lowest BCUT2D eigenvalue weighted by Crippen LogP contribution is -2.34. The standard InChI is InChI=1S/C10H15N3O/c1-2-6-13-7-5-12-9(13)8(14)10(11)3-4-10/h5,7H,2-4,6,11H2,1H3. The highest BCUT2D eigenvalue weighted by Gasteiger charge is 2.47. The van der Waals surface area contributed by atoms with E-state index in [0.717, 1.165) is 25.8 Å². The number of carbonyl (C=O) groups is 1. The van der Waals surface area contributed by atoms with E-state index in [9.17, 15) is 4.79 Å². The number of ketones is 1. The lowest BCUT2D eigenvalue weighted by molar-refractivity contribution is 0.0934. The number of hydrogen-bond donors (Lipinski definition) is 1. The summed E-state index contributed by atoms with van der Waals surface area (Å²) in [6.45, 7) is 2.90. The number of aryl methyl sites for hydroxylation is 1. The first-order valence-electron chi connectivity index (χ1n) is 5.02. The molecule has 2 rings (SSSR count). The number of imidazole rings is 1. The minimum Gasteiger partial charge on any atom is -0.328 e. The van der Waals surface area contributed by atoms with Gasteiger partial charge in [0.2, 0.25) is 5.78 Å². The average molecular weight is 193 g/mol. The molecule has 0 radical (unpaired) electrons. The maximum Gasteiger partial charge on any atom is 0.217 e. The summed E-state index contributed by atoms with van der Waals surface area (Å²) in [5.41, 5.74) is 5.24. The highest BCUT2D eigenvalue weighted by Crippen LogP contribution is 2.35. The molecule has 1 fully saturated rings. The number of Topliss-reactive ketones (excluding diaryl/α,β-unsaturated/α-hetero) is 1. The topological polar surface area (TPSA) is 60.9 Å². The monoisotopic (exact) mass is 193 g/mol. The zero-order valence-corrected chi connectivity index (χ0v) is 8.36. The SMILES string of the molecule is CCCn1ccnc1C(=O)C1(N)CC1.